The summed E-state index contributed by atoms with van der Waals surface area (Å²) in [6, 6.07) is 8.17. The maximum absolute atomic E-state index is 8.73. The largest absolute Gasteiger partial charge is 0.192 e. The van der Waals surface area contributed by atoms with Crippen LogP contribution in [0.5, 0.6) is 0 Å². The van der Waals surface area contributed by atoms with Crippen molar-refractivity contribution in [3.05, 3.63) is 34.9 Å². The Bertz CT molecular complexity index is 320. The molecule has 0 spiro atoms. The number of benzene rings is 1. The number of hydrogen-bond donors (Lipinski definition) is 0. The van der Waals surface area contributed by atoms with E-state index >= 15 is 0 Å². The number of rotatable bonds is 3. The van der Waals surface area contributed by atoms with Crippen molar-refractivity contribution in [3.63, 3.8) is 0 Å². The van der Waals surface area contributed by atoms with Crippen molar-refractivity contribution in [2.24, 2.45) is 0 Å². The van der Waals surface area contributed by atoms with Crippen LogP contribution in [0.1, 0.15) is 37.0 Å². The summed E-state index contributed by atoms with van der Waals surface area (Å²) in [5.74, 6) is 0. The molecule has 0 aliphatic carbocycles. The molecule has 68 valence electrons. The smallest absolute Gasteiger partial charge is 0.0991 e. The summed E-state index contributed by atoms with van der Waals surface area (Å²) in [5, 5.41) is 8.73. The summed E-state index contributed by atoms with van der Waals surface area (Å²) in [5.41, 5.74) is 3.49. The molecule has 0 aliphatic rings. The summed E-state index contributed by atoms with van der Waals surface area (Å²) < 4.78 is 0. The first kappa shape index (κ1) is 9.80. The minimum atomic E-state index is 0.775. The van der Waals surface area contributed by atoms with E-state index in [0.717, 1.165) is 18.4 Å². The Balaban J connectivity index is 3.02. The highest BCUT2D eigenvalue weighted by molar-refractivity contribution is 5.38. The molecule has 0 fully saturated rings. The zero-order chi connectivity index (χ0) is 9.68. The van der Waals surface area contributed by atoms with Crippen LogP contribution in [0.3, 0.4) is 0 Å². The third kappa shape index (κ3) is 2.32. The van der Waals surface area contributed by atoms with E-state index in [4.69, 9.17) is 5.26 Å². The molecule has 0 amide bonds. The van der Waals surface area contributed by atoms with Crippen molar-refractivity contribution in [2.75, 3.05) is 0 Å². The Morgan fingerprint density at radius 3 is 2.54 bits per heavy atom. The lowest BCUT2D eigenvalue weighted by atomic mass is 9.99. The van der Waals surface area contributed by atoms with E-state index in [9.17, 15) is 0 Å². The first-order chi connectivity index (χ1) is 6.31. The van der Waals surface area contributed by atoms with E-state index in [2.05, 4.69) is 26.0 Å². The SMILES string of the molecule is CCCc1ccc(C#N)cc1CC. The van der Waals surface area contributed by atoms with Gasteiger partial charge in [0.05, 0.1) is 11.6 Å². The van der Waals surface area contributed by atoms with Gasteiger partial charge in [-0.1, -0.05) is 26.3 Å². The Morgan fingerprint density at radius 1 is 1.23 bits per heavy atom. The molecule has 0 saturated carbocycles. The fourth-order valence-electron chi connectivity index (χ4n) is 1.54. The van der Waals surface area contributed by atoms with Crippen molar-refractivity contribution >= 4 is 0 Å². The molecule has 0 heterocycles. The zero-order valence-electron chi connectivity index (χ0n) is 8.30. The molecule has 0 aromatic heterocycles. The van der Waals surface area contributed by atoms with Gasteiger partial charge < -0.3 is 0 Å². The van der Waals surface area contributed by atoms with Crippen molar-refractivity contribution in [1.82, 2.24) is 0 Å². The van der Waals surface area contributed by atoms with Gasteiger partial charge in [-0.25, -0.2) is 0 Å². The van der Waals surface area contributed by atoms with Crippen LogP contribution < -0.4 is 0 Å². The topological polar surface area (TPSA) is 23.8 Å². The van der Waals surface area contributed by atoms with Crippen LogP contribution in [0.25, 0.3) is 0 Å². The van der Waals surface area contributed by atoms with Crippen molar-refractivity contribution in [3.8, 4) is 6.07 Å². The van der Waals surface area contributed by atoms with Gasteiger partial charge in [0, 0.05) is 0 Å². The summed E-state index contributed by atoms with van der Waals surface area (Å²) >= 11 is 0. The predicted octanol–water partition coefficient (Wildman–Crippen LogP) is 3.07. The van der Waals surface area contributed by atoms with Crippen LogP contribution in [0.4, 0.5) is 0 Å². The number of aryl methyl sites for hydroxylation is 2. The Morgan fingerprint density at radius 2 is 2.00 bits per heavy atom. The highest BCUT2D eigenvalue weighted by Crippen LogP contribution is 2.14. The van der Waals surface area contributed by atoms with Gasteiger partial charge in [-0.3, -0.25) is 0 Å². The molecule has 1 aromatic carbocycles. The van der Waals surface area contributed by atoms with Gasteiger partial charge in [-0.15, -0.1) is 0 Å². The normalized spacial score (nSPS) is 9.62. The molecule has 1 nitrogen and oxygen atoms in total. The van der Waals surface area contributed by atoms with Gasteiger partial charge >= 0.3 is 0 Å². The van der Waals surface area contributed by atoms with Gasteiger partial charge in [0.1, 0.15) is 0 Å². The summed E-state index contributed by atoms with van der Waals surface area (Å²) in [6.07, 6.45) is 3.30. The molecule has 0 bridgehead atoms. The lowest BCUT2D eigenvalue weighted by Gasteiger charge is -2.06. The van der Waals surface area contributed by atoms with Crippen molar-refractivity contribution < 1.29 is 0 Å². The summed E-state index contributed by atoms with van der Waals surface area (Å²) in [6.45, 7) is 4.31. The van der Waals surface area contributed by atoms with Gasteiger partial charge in [-0.2, -0.15) is 5.26 Å². The molecule has 1 rings (SSSR count). The third-order valence-corrected chi connectivity index (χ3v) is 2.24. The Hall–Kier alpha value is -1.29. The molecule has 0 unspecified atom stereocenters. The van der Waals surface area contributed by atoms with Gasteiger partial charge in [0.15, 0.2) is 0 Å². The van der Waals surface area contributed by atoms with Crippen LogP contribution in [0.2, 0.25) is 0 Å². The molecule has 0 radical (unpaired) electrons. The van der Waals surface area contributed by atoms with Crippen LogP contribution in [0, 0.1) is 11.3 Å². The Labute approximate surface area is 80.0 Å². The van der Waals surface area contributed by atoms with Crippen molar-refractivity contribution in [2.45, 2.75) is 33.1 Å². The maximum atomic E-state index is 8.73. The first-order valence-corrected chi connectivity index (χ1v) is 4.83. The Kier molecular flexibility index (Phi) is 3.52. The highest BCUT2D eigenvalue weighted by atomic mass is 14.2. The van der Waals surface area contributed by atoms with Crippen LogP contribution in [-0.4, -0.2) is 0 Å². The number of nitrogens with zero attached hydrogens (tertiary/aromatic N) is 1. The molecular weight excluding hydrogens is 158 g/mol. The molecule has 1 aromatic rings. The third-order valence-electron chi connectivity index (χ3n) is 2.24. The van der Waals surface area contributed by atoms with E-state index in [0.29, 0.717) is 0 Å². The standard InChI is InChI=1S/C12H15N/c1-3-5-12-7-6-10(9-13)8-11(12)4-2/h6-8H,3-5H2,1-2H3. The molecule has 1 heteroatoms. The van der Waals surface area contributed by atoms with Gasteiger partial charge in [0.25, 0.3) is 0 Å². The molecule has 0 atom stereocenters. The van der Waals surface area contributed by atoms with E-state index in [1.165, 1.54) is 17.5 Å². The van der Waals surface area contributed by atoms with E-state index < -0.39 is 0 Å². The van der Waals surface area contributed by atoms with E-state index in [-0.39, 0.29) is 0 Å². The number of hydrogen-bond acceptors (Lipinski definition) is 1. The molecule has 13 heavy (non-hydrogen) atoms. The van der Waals surface area contributed by atoms with Crippen LogP contribution >= 0.6 is 0 Å². The maximum Gasteiger partial charge on any atom is 0.0991 e. The lowest BCUT2D eigenvalue weighted by molar-refractivity contribution is 0.899. The van der Waals surface area contributed by atoms with Crippen LogP contribution in [-0.2, 0) is 12.8 Å². The fraction of sp³-hybridized carbons (Fsp3) is 0.417. The first-order valence-electron chi connectivity index (χ1n) is 4.83. The van der Waals surface area contributed by atoms with Gasteiger partial charge in [0.2, 0.25) is 0 Å². The second-order valence-electron chi connectivity index (χ2n) is 3.20. The lowest BCUT2D eigenvalue weighted by Crippen LogP contribution is -1.93. The quantitative estimate of drug-likeness (QED) is 0.689. The molecule has 0 aliphatic heterocycles. The monoisotopic (exact) mass is 173 g/mol. The zero-order valence-corrected chi connectivity index (χ0v) is 8.30. The highest BCUT2D eigenvalue weighted by Gasteiger charge is 2.00. The second kappa shape index (κ2) is 4.67. The summed E-state index contributed by atoms with van der Waals surface area (Å²) in [7, 11) is 0. The van der Waals surface area contributed by atoms with E-state index in [1.807, 2.05) is 12.1 Å². The predicted molar refractivity (Wildman–Crippen MR) is 54.5 cm³/mol. The molecular formula is C12H15N. The van der Waals surface area contributed by atoms with Gasteiger partial charge in [-0.05, 0) is 36.1 Å². The minimum Gasteiger partial charge on any atom is -0.192 e. The number of nitriles is 1. The van der Waals surface area contributed by atoms with Crippen molar-refractivity contribution in [1.29, 1.82) is 5.26 Å². The van der Waals surface area contributed by atoms with E-state index in [1.54, 1.807) is 0 Å². The van der Waals surface area contributed by atoms with Crippen LogP contribution in [0.15, 0.2) is 18.2 Å². The average molecular weight is 173 g/mol. The minimum absolute atomic E-state index is 0.775. The molecule has 0 N–H and O–H groups in total. The average Bonchev–Trinajstić information content (AvgIpc) is 2.19. The fourth-order valence-corrected chi connectivity index (χ4v) is 1.54. The molecule has 0 saturated heterocycles. The summed E-state index contributed by atoms with van der Waals surface area (Å²) in [4.78, 5) is 0. The second-order valence-corrected chi connectivity index (χ2v) is 3.20.